The Morgan fingerprint density at radius 3 is 2.22 bits per heavy atom. The quantitative estimate of drug-likeness (QED) is 0.229. The fourth-order valence-corrected chi connectivity index (χ4v) is 4.75. The van der Waals surface area contributed by atoms with Gasteiger partial charge in [0, 0.05) is 54.3 Å². The molecule has 4 aromatic rings. The summed E-state index contributed by atoms with van der Waals surface area (Å²) in [6.07, 6.45) is 1.31. The highest BCUT2D eigenvalue weighted by Gasteiger charge is 2.21. The number of aromatic hydroxyl groups is 1. The first kappa shape index (κ1) is 29.6. The molecule has 0 bridgehead atoms. The van der Waals surface area contributed by atoms with Gasteiger partial charge in [-0.05, 0) is 70.4 Å². The molecular formula is C33H39N5O3. The third kappa shape index (κ3) is 6.84. The lowest BCUT2D eigenvalue weighted by Crippen LogP contribution is -2.32. The summed E-state index contributed by atoms with van der Waals surface area (Å²) in [6, 6.07) is 22.7. The van der Waals surface area contributed by atoms with Crippen molar-refractivity contribution in [3.63, 3.8) is 0 Å². The first-order valence-electron chi connectivity index (χ1n) is 14.0. The van der Waals surface area contributed by atoms with Crippen LogP contribution in [0.15, 0.2) is 77.8 Å². The summed E-state index contributed by atoms with van der Waals surface area (Å²) in [5.74, 6) is -0.0238. The molecule has 0 saturated carbocycles. The van der Waals surface area contributed by atoms with E-state index >= 15 is 0 Å². The van der Waals surface area contributed by atoms with Crippen molar-refractivity contribution in [3.05, 3.63) is 89.5 Å². The molecular weight excluding hydrogens is 514 g/mol. The van der Waals surface area contributed by atoms with E-state index < -0.39 is 0 Å². The Bertz CT molecular complexity index is 1520. The van der Waals surface area contributed by atoms with Crippen molar-refractivity contribution in [2.45, 2.75) is 26.7 Å². The molecule has 0 saturated heterocycles. The number of benzene rings is 3. The van der Waals surface area contributed by atoms with Crippen molar-refractivity contribution in [2.24, 2.45) is 4.99 Å². The Labute approximate surface area is 241 Å². The van der Waals surface area contributed by atoms with Crippen LogP contribution in [0.2, 0.25) is 0 Å². The number of anilines is 1. The van der Waals surface area contributed by atoms with E-state index in [2.05, 4.69) is 9.88 Å². The van der Waals surface area contributed by atoms with Crippen molar-refractivity contribution in [2.75, 3.05) is 45.7 Å². The van der Waals surface area contributed by atoms with E-state index in [9.17, 15) is 14.7 Å². The monoisotopic (exact) mass is 553 g/mol. The maximum Gasteiger partial charge on any atom is 0.253 e. The third-order valence-electron chi connectivity index (χ3n) is 7.12. The van der Waals surface area contributed by atoms with Gasteiger partial charge in [0.05, 0.1) is 17.0 Å². The number of carbonyl (C=O) groups is 2. The number of nitrogens with one attached hydrogen (secondary N) is 1. The minimum atomic E-state index is -0.0839. The van der Waals surface area contributed by atoms with Crippen molar-refractivity contribution < 1.29 is 14.7 Å². The lowest BCUT2D eigenvalue weighted by Gasteiger charge is -2.23. The zero-order chi connectivity index (χ0) is 29.5. The maximum absolute atomic E-state index is 12.7. The van der Waals surface area contributed by atoms with Gasteiger partial charge in [-0.25, -0.2) is 4.99 Å². The summed E-state index contributed by atoms with van der Waals surface area (Å²) in [5, 5.41) is 11.8. The third-order valence-corrected chi connectivity index (χ3v) is 7.12. The molecule has 0 radical (unpaired) electrons. The minimum Gasteiger partial charge on any atom is -0.494 e. The molecule has 0 aliphatic carbocycles. The van der Waals surface area contributed by atoms with Gasteiger partial charge in [-0.15, -0.1) is 0 Å². The number of nitrogens with zero attached hydrogens (tertiary/aromatic N) is 4. The predicted molar refractivity (Wildman–Crippen MR) is 167 cm³/mol. The number of aliphatic imine (C=N–C) groups is 1. The number of hydrogen-bond acceptors (Lipinski definition) is 5. The second-order valence-electron chi connectivity index (χ2n) is 10.3. The highest BCUT2D eigenvalue weighted by Crippen LogP contribution is 2.33. The molecule has 4 rings (SSSR count). The van der Waals surface area contributed by atoms with E-state index in [-0.39, 0.29) is 17.7 Å². The Morgan fingerprint density at radius 2 is 1.59 bits per heavy atom. The van der Waals surface area contributed by atoms with Gasteiger partial charge in [-0.1, -0.05) is 43.3 Å². The molecule has 0 atom stereocenters. The molecule has 0 unspecified atom stereocenters. The number of fused-ring (bicyclic) bond motifs is 1. The summed E-state index contributed by atoms with van der Waals surface area (Å²) < 4.78 is 0. The van der Waals surface area contributed by atoms with Crippen LogP contribution in [0.25, 0.3) is 10.9 Å². The number of hydrogen-bond donors (Lipinski definition) is 2. The molecule has 41 heavy (non-hydrogen) atoms. The highest BCUT2D eigenvalue weighted by molar-refractivity contribution is 6.22. The van der Waals surface area contributed by atoms with Crippen LogP contribution in [-0.2, 0) is 4.79 Å². The molecule has 2 amide bonds. The van der Waals surface area contributed by atoms with Crippen LogP contribution in [0, 0.1) is 0 Å². The smallest absolute Gasteiger partial charge is 0.253 e. The van der Waals surface area contributed by atoms with Gasteiger partial charge in [0.2, 0.25) is 5.91 Å². The summed E-state index contributed by atoms with van der Waals surface area (Å²) in [5.41, 5.74) is 4.71. The fourth-order valence-electron chi connectivity index (χ4n) is 4.75. The normalized spacial score (nSPS) is 11.7. The van der Waals surface area contributed by atoms with Gasteiger partial charge < -0.3 is 24.8 Å². The summed E-state index contributed by atoms with van der Waals surface area (Å²) in [7, 11) is 5.81. The molecule has 1 heterocycles. The fraction of sp³-hybridized carbons (Fsp3) is 0.303. The van der Waals surface area contributed by atoms with Crippen molar-refractivity contribution in [1.29, 1.82) is 0 Å². The predicted octanol–water partition coefficient (Wildman–Crippen LogP) is 5.83. The Balaban J connectivity index is 1.74. The van der Waals surface area contributed by atoms with Crippen LogP contribution >= 0.6 is 0 Å². The topological polar surface area (TPSA) is 92.2 Å². The Kier molecular flexibility index (Phi) is 9.57. The van der Waals surface area contributed by atoms with Gasteiger partial charge in [0.15, 0.2) is 5.88 Å². The summed E-state index contributed by atoms with van der Waals surface area (Å²) in [4.78, 5) is 39.0. The highest BCUT2D eigenvalue weighted by atomic mass is 16.3. The van der Waals surface area contributed by atoms with Crippen LogP contribution in [0.4, 0.5) is 11.4 Å². The second kappa shape index (κ2) is 13.3. The average Bonchev–Trinajstić information content (AvgIpc) is 3.32. The van der Waals surface area contributed by atoms with Crippen molar-refractivity contribution in [3.8, 4) is 5.88 Å². The standard InChI is InChI=1S/C33H39N5O3/c1-6-29(39)38(21-11-20-36(3)4)26-17-15-25(16-18-26)34-31(23-12-9-8-10-13-23)30-27-19-14-24(33(41)37(5)7-2)22-28(27)35-32(30)40/h8-10,12-19,22,35,40H,6-7,11,20-21H2,1-5H3. The van der Waals surface area contributed by atoms with Crippen LogP contribution in [-0.4, -0.2) is 78.2 Å². The first-order chi connectivity index (χ1) is 19.7. The van der Waals surface area contributed by atoms with Crippen LogP contribution < -0.4 is 4.90 Å². The van der Waals surface area contributed by atoms with E-state index in [4.69, 9.17) is 4.99 Å². The summed E-state index contributed by atoms with van der Waals surface area (Å²) >= 11 is 0. The molecule has 8 heteroatoms. The van der Waals surface area contributed by atoms with Gasteiger partial charge in [-0.3, -0.25) is 9.59 Å². The molecule has 0 aliphatic rings. The minimum absolute atomic E-state index is 0.0201. The van der Waals surface area contributed by atoms with E-state index in [1.54, 1.807) is 24.1 Å². The van der Waals surface area contributed by atoms with Gasteiger partial charge in [0.25, 0.3) is 5.91 Å². The molecule has 1 aromatic heterocycles. The SMILES string of the molecule is CCC(=O)N(CCCN(C)C)c1ccc(N=C(c2ccccc2)c2c(O)[nH]c3cc(C(=O)N(C)CC)ccc23)cc1. The number of aromatic nitrogens is 1. The van der Waals surface area contributed by atoms with Gasteiger partial charge >= 0.3 is 0 Å². The number of carbonyl (C=O) groups excluding carboxylic acids is 2. The van der Waals surface area contributed by atoms with Crippen LogP contribution in [0.5, 0.6) is 5.88 Å². The van der Waals surface area contributed by atoms with E-state index in [0.717, 1.165) is 29.6 Å². The molecule has 0 fully saturated rings. The zero-order valence-corrected chi connectivity index (χ0v) is 24.5. The van der Waals surface area contributed by atoms with E-state index in [1.807, 2.05) is 93.5 Å². The number of aromatic amines is 1. The Hall–Kier alpha value is -4.43. The summed E-state index contributed by atoms with van der Waals surface area (Å²) in [6.45, 7) is 5.94. The lowest BCUT2D eigenvalue weighted by atomic mass is 10.00. The van der Waals surface area contributed by atoms with Crippen LogP contribution in [0.1, 0.15) is 48.2 Å². The van der Waals surface area contributed by atoms with Crippen molar-refractivity contribution >= 4 is 39.8 Å². The average molecular weight is 554 g/mol. The molecule has 2 N–H and O–H groups in total. The maximum atomic E-state index is 12.7. The molecule has 3 aromatic carbocycles. The lowest BCUT2D eigenvalue weighted by molar-refractivity contribution is -0.118. The number of rotatable bonds is 11. The largest absolute Gasteiger partial charge is 0.494 e. The van der Waals surface area contributed by atoms with Crippen molar-refractivity contribution in [1.82, 2.24) is 14.8 Å². The number of H-pyrrole nitrogens is 1. The first-order valence-corrected chi connectivity index (χ1v) is 14.0. The molecule has 214 valence electrons. The van der Waals surface area contributed by atoms with E-state index in [1.165, 1.54) is 0 Å². The Morgan fingerprint density at radius 1 is 0.878 bits per heavy atom. The zero-order valence-electron chi connectivity index (χ0n) is 24.5. The van der Waals surface area contributed by atoms with Gasteiger partial charge in [-0.2, -0.15) is 0 Å². The molecule has 0 aliphatic heterocycles. The number of amides is 2. The van der Waals surface area contributed by atoms with Gasteiger partial charge in [0.1, 0.15) is 0 Å². The van der Waals surface area contributed by atoms with Crippen LogP contribution in [0.3, 0.4) is 0 Å². The molecule has 8 nitrogen and oxygen atoms in total. The van der Waals surface area contributed by atoms with E-state index in [0.29, 0.717) is 47.6 Å². The molecule has 0 spiro atoms. The second-order valence-corrected chi connectivity index (χ2v) is 10.3.